The minimum atomic E-state index is -0.383. The Bertz CT molecular complexity index is 1080. The molecule has 0 saturated heterocycles. The van der Waals surface area contributed by atoms with Gasteiger partial charge >= 0.3 is 0 Å². The maximum Gasteiger partial charge on any atom is 0.257 e. The van der Waals surface area contributed by atoms with Crippen molar-refractivity contribution in [3.8, 4) is 0 Å². The number of fused-ring (bicyclic) bond motifs is 1. The summed E-state index contributed by atoms with van der Waals surface area (Å²) in [6, 6.07) is 8.13. The van der Waals surface area contributed by atoms with Crippen LogP contribution in [0.1, 0.15) is 75.5 Å². The summed E-state index contributed by atoms with van der Waals surface area (Å²) < 4.78 is 0. The molecular weight excluding hydrogens is 406 g/mol. The van der Waals surface area contributed by atoms with Crippen LogP contribution in [0.5, 0.6) is 0 Å². The Morgan fingerprint density at radius 1 is 1.13 bits per heavy atom. The fourth-order valence-electron chi connectivity index (χ4n) is 4.57. The highest BCUT2D eigenvalue weighted by molar-refractivity contribution is 7.99. The zero-order valence-corrected chi connectivity index (χ0v) is 19.6. The molecule has 2 aliphatic rings. The first-order valence-corrected chi connectivity index (χ1v) is 12.1. The maximum absolute atomic E-state index is 13.3. The number of rotatable bonds is 6. The molecule has 0 amide bonds. The van der Waals surface area contributed by atoms with E-state index < -0.39 is 0 Å². The number of ketones is 1. The fraction of sp³-hybridized carbons (Fsp3) is 0.480. The van der Waals surface area contributed by atoms with Crippen molar-refractivity contribution in [2.24, 2.45) is 5.41 Å². The van der Waals surface area contributed by atoms with Crippen molar-refractivity contribution in [1.29, 1.82) is 0 Å². The van der Waals surface area contributed by atoms with Crippen molar-refractivity contribution in [2.45, 2.75) is 70.9 Å². The highest BCUT2D eigenvalue weighted by atomic mass is 32.2. The van der Waals surface area contributed by atoms with Crippen LogP contribution in [0.25, 0.3) is 0 Å². The van der Waals surface area contributed by atoms with Gasteiger partial charge in [-0.1, -0.05) is 75.2 Å². The minimum Gasteiger partial charge on any atom is -0.343 e. The van der Waals surface area contributed by atoms with Crippen LogP contribution in [0.15, 0.2) is 45.5 Å². The quantitative estimate of drug-likeness (QED) is 0.351. The molecule has 1 aromatic heterocycles. The van der Waals surface area contributed by atoms with Gasteiger partial charge in [-0.05, 0) is 30.7 Å². The van der Waals surface area contributed by atoms with Gasteiger partial charge in [-0.2, -0.15) is 0 Å². The number of benzene rings is 1. The summed E-state index contributed by atoms with van der Waals surface area (Å²) in [5.74, 6) is 1.26. The van der Waals surface area contributed by atoms with E-state index in [-0.39, 0.29) is 22.7 Å². The second-order valence-electron chi connectivity index (χ2n) is 9.49. The number of anilines is 1. The van der Waals surface area contributed by atoms with E-state index in [0.717, 1.165) is 47.4 Å². The Balaban J connectivity index is 1.80. The highest BCUT2D eigenvalue weighted by Gasteiger charge is 2.42. The zero-order valence-electron chi connectivity index (χ0n) is 18.8. The molecule has 4 rings (SSSR count). The predicted molar refractivity (Wildman–Crippen MR) is 127 cm³/mol. The Kier molecular flexibility index (Phi) is 6.11. The number of Topliss-reactive ketones (excluding diaryl/α,β-unsaturated/α-hetero) is 1. The van der Waals surface area contributed by atoms with Crippen LogP contribution in [-0.2, 0) is 4.79 Å². The smallest absolute Gasteiger partial charge is 0.257 e. The van der Waals surface area contributed by atoms with E-state index in [1.165, 1.54) is 6.42 Å². The van der Waals surface area contributed by atoms with Crippen LogP contribution in [0.4, 0.5) is 5.82 Å². The van der Waals surface area contributed by atoms with E-state index in [2.05, 4.69) is 31.1 Å². The lowest BCUT2D eigenvalue weighted by Crippen LogP contribution is -2.37. The molecule has 2 aromatic rings. The molecule has 0 fully saturated rings. The van der Waals surface area contributed by atoms with E-state index in [9.17, 15) is 9.59 Å². The minimum absolute atomic E-state index is 0.114. The Morgan fingerprint density at radius 2 is 1.87 bits per heavy atom. The first kappa shape index (κ1) is 21.9. The summed E-state index contributed by atoms with van der Waals surface area (Å²) in [5.41, 5.74) is 4.03. The van der Waals surface area contributed by atoms with E-state index in [0.29, 0.717) is 23.0 Å². The number of aryl methyl sites for hydroxylation is 1. The lowest BCUT2D eigenvalue weighted by Gasteiger charge is -2.38. The Hall–Kier alpha value is -2.34. The van der Waals surface area contributed by atoms with Gasteiger partial charge in [-0.25, -0.2) is 4.98 Å². The van der Waals surface area contributed by atoms with E-state index in [4.69, 9.17) is 4.98 Å². The molecule has 0 radical (unpaired) electrons. The van der Waals surface area contributed by atoms with E-state index >= 15 is 0 Å². The van der Waals surface area contributed by atoms with Crippen molar-refractivity contribution in [3.05, 3.63) is 62.6 Å². The number of aromatic amines is 1. The number of nitrogens with one attached hydrogen (secondary N) is 2. The Morgan fingerprint density at radius 3 is 2.58 bits per heavy atom. The highest BCUT2D eigenvalue weighted by Crippen LogP contribution is 2.47. The van der Waals surface area contributed by atoms with Crippen LogP contribution in [0.2, 0.25) is 0 Å². The van der Waals surface area contributed by atoms with Gasteiger partial charge in [0, 0.05) is 29.4 Å². The third-order valence-corrected chi connectivity index (χ3v) is 7.06. The number of unbranched alkanes of at least 4 members (excludes halogenated alkanes) is 2. The lowest BCUT2D eigenvalue weighted by molar-refractivity contribution is -0.118. The van der Waals surface area contributed by atoms with Crippen LogP contribution >= 0.6 is 11.8 Å². The monoisotopic (exact) mass is 437 g/mol. The number of H-pyrrole nitrogens is 1. The third kappa shape index (κ3) is 4.49. The number of allylic oxidation sites excluding steroid dienone is 2. The summed E-state index contributed by atoms with van der Waals surface area (Å²) in [6.45, 7) is 8.45. The van der Waals surface area contributed by atoms with Crippen LogP contribution in [-0.4, -0.2) is 21.5 Å². The van der Waals surface area contributed by atoms with Crippen molar-refractivity contribution in [1.82, 2.24) is 9.97 Å². The summed E-state index contributed by atoms with van der Waals surface area (Å²) in [5, 5.41) is 4.03. The van der Waals surface area contributed by atoms with Gasteiger partial charge < -0.3 is 10.3 Å². The number of aromatic nitrogens is 2. The molecular formula is C25H31N3O2S. The molecule has 1 aromatic carbocycles. The van der Waals surface area contributed by atoms with Gasteiger partial charge in [0.05, 0.1) is 5.56 Å². The topological polar surface area (TPSA) is 74.8 Å². The molecule has 2 heterocycles. The van der Waals surface area contributed by atoms with Crippen LogP contribution in [0.3, 0.4) is 0 Å². The molecule has 5 nitrogen and oxygen atoms in total. The average molecular weight is 438 g/mol. The largest absolute Gasteiger partial charge is 0.343 e. The molecule has 1 aliphatic heterocycles. The lowest BCUT2D eigenvalue weighted by atomic mass is 9.69. The SMILES string of the molecule is CCCCCSc1nc2c(c(=O)[nH]1)[C@H](c1ccc(C)cc1)C1=C(CC(C)(C)CC1=O)N2. The molecule has 31 heavy (non-hydrogen) atoms. The predicted octanol–water partition coefficient (Wildman–Crippen LogP) is 5.56. The standard InChI is InChI=1S/C25H31N3O2S/c1-5-6-7-12-31-24-27-22-21(23(30)28-24)19(16-10-8-15(2)9-11-16)20-17(26-22)13-25(3,4)14-18(20)29/h8-11,19H,5-7,12-14H2,1-4H3,(H2,26,27,28,30)/t19-/m1/s1. The van der Waals surface area contributed by atoms with Gasteiger partial charge in [0.15, 0.2) is 10.9 Å². The van der Waals surface area contributed by atoms with Gasteiger partial charge in [-0.15, -0.1) is 0 Å². The van der Waals surface area contributed by atoms with E-state index in [1.54, 1.807) is 11.8 Å². The summed E-state index contributed by atoms with van der Waals surface area (Å²) >= 11 is 1.59. The van der Waals surface area contributed by atoms with Crippen molar-refractivity contribution in [3.63, 3.8) is 0 Å². The van der Waals surface area contributed by atoms with Crippen LogP contribution < -0.4 is 10.9 Å². The molecule has 0 bridgehead atoms. The maximum atomic E-state index is 13.3. The molecule has 0 spiro atoms. The molecule has 164 valence electrons. The zero-order chi connectivity index (χ0) is 22.2. The van der Waals surface area contributed by atoms with Crippen LogP contribution in [0, 0.1) is 12.3 Å². The molecule has 1 aliphatic carbocycles. The molecule has 0 unspecified atom stereocenters. The number of nitrogens with zero attached hydrogens (tertiary/aromatic N) is 1. The fourth-order valence-corrected chi connectivity index (χ4v) is 5.44. The van der Waals surface area contributed by atoms with Crippen molar-refractivity contribution >= 4 is 23.4 Å². The number of hydrogen-bond acceptors (Lipinski definition) is 5. The average Bonchev–Trinajstić information content (AvgIpc) is 2.69. The van der Waals surface area contributed by atoms with Gasteiger partial charge in [0.25, 0.3) is 5.56 Å². The van der Waals surface area contributed by atoms with Crippen molar-refractivity contribution < 1.29 is 4.79 Å². The normalized spacial score (nSPS) is 19.6. The molecule has 1 atom stereocenters. The first-order chi connectivity index (χ1) is 14.8. The van der Waals surface area contributed by atoms with Gasteiger partial charge in [0.1, 0.15) is 5.82 Å². The number of thioether (sulfide) groups is 1. The molecule has 2 N–H and O–H groups in total. The Labute approximate surface area is 188 Å². The van der Waals surface area contributed by atoms with Crippen molar-refractivity contribution in [2.75, 3.05) is 11.1 Å². The van der Waals surface area contributed by atoms with Gasteiger partial charge in [-0.3, -0.25) is 9.59 Å². The number of carbonyl (C=O) groups is 1. The molecule has 0 saturated carbocycles. The second kappa shape index (κ2) is 8.65. The van der Waals surface area contributed by atoms with E-state index in [1.807, 2.05) is 31.2 Å². The number of carbonyl (C=O) groups excluding carboxylic acids is 1. The summed E-state index contributed by atoms with van der Waals surface area (Å²) in [4.78, 5) is 34.3. The summed E-state index contributed by atoms with van der Waals surface area (Å²) in [7, 11) is 0. The molecule has 6 heteroatoms. The van der Waals surface area contributed by atoms with Gasteiger partial charge in [0.2, 0.25) is 0 Å². The third-order valence-electron chi connectivity index (χ3n) is 6.10. The second-order valence-corrected chi connectivity index (χ2v) is 10.6. The number of hydrogen-bond donors (Lipinski definition) is 2. The summed E-state index contributed by atoms with van der Waals surface area (Å²) in [6.07, 6.45) is 4.68. The first-order valence-electron chi connectivity index (χ1n) is 11.2.